The van der Waals surface area contributed by atoms with Crippen LogP contribution in [0.5, 0.6) is 0 Å². The molecule has 0 atom stereocenters. The van der Waals surface area contributed by atoms with Crippen LogP contribution in [0, 0.1) is 0 Å². The Kier molecular flexibility index (Phi) is 6.80. The molecular formula is C26H28O2Si3. The quantitative estimate of drug-likeness (QED) is 0.300. The standard InChI is InChI=1S/C26H28O2Si3/c1-30(2,27-29-23-15-7-3-8-16-23)28-31(24-17-9-4-10-18-24,25-19-11-5-12-20-25)26-21-13-6-14-22-26/h3-22H,29H2,1-2H3. The lowest BCUT2D eigenvalue weighted by molar-refractivity contribution is 0.423. The summed E-state index contributed by atoms with van der Waals surface area (Å²) < 4.78 is 13.9. The van der Waals surface area contributed by atoms with Gasteiger partial charge < -0.3 is 8.23 Å². The first kappa shape index (κ1) is 21.7. The van der Waals surface area contributed by atoms with Gasteiger partial charge in [0, 0.05) is 0 Å². The molecule has 0 aliphatic carbocycles. The minimum Gasteiger partial charge on any atom is -0.438 e. The molecule has 0 aromatic heterocycles. The third-order valence-electron chi connectivity index (χ3n) is 5.37. The predicted octanol–water partition coefficient (Wildman–Crippen LogP) is 2.80. The van der Waals surface area contributed by atoms with Crippen molar-refractivity contribution in [3.05, 3.63) is 121 Å². The van der Waals surface area contributed by atoms with Gasteiger partial charge in [-0.25, -0.2) is 0 Å². The summed E-state index contributed by atoms with van der Waals surface area (Å²) in [6.45, 7) is 4.39. The first-order valence-corrected chi connectivity index (χ1v) is 16.7. The lowest BCUT2D eigenvalue weighted by atomic mass is 10.3. The number of hydrogen-bond acceptors (Lipinski definition) is 2. The van der Waals surface area contributed by atoms with Crippen molar-refractivity contribution < 1.29 is 8.23 Å². The van der Waals surface area contributed by atoms with E-state index in [9.17, 15) is 0 Å². The monoisotopic (exact) mass is 456 g/mol. The molecule has 4 aromatic carbocycles. The minimum atomic E-state index is -2.74. The van der Waals surface area contributed by atoms with Crippen LogP contribution in [-0.2, 0) is 8.23 Å². The van der Waals surface area contributed by atoms with Crippen molar-refractivity contribution in [3.8, 4) is 0 Å². The van der Waals surface area contributed by atoms with Gasteiger partial charge in [0.1, 0.15) is 0 Å². The van der Waals surface area contributed by atoms with Crippen molar-refractivity contribution in [3.63, 3.8) is 0 Å². The second-order valence-corrected chi connectivity index (χ2v) is 17.0. The van der Waals surface area contributed by atoms with Crippen LogP contribution in [0.15, 0.2) is 121 Å². The number of rotatable bonds is 8. The molecule has 0 saturated heterocycles. The molecule has 0 radical (unpaired) electrons. The molecule has 31 heavy (non-hydrogen) atoms. The molecular weight excluding hydrogens is 429 g/mol. The predicted molar refractivity (Wildman–Crippen MR) is 138 cm³/mol. The van der Waals surface area contributed by atoms with E-state index in [2.05, 4.69) is 134 Å². The Balaban J connectivity index is 1.80. The van der Waals surface area contributed by atoms with Gasteiger partial charge in [-0.1, -0.05) is 121 Å². The van der Waals surface area contributed by atoms with E-state index in [-0.39, 0.29) is 0 Å². The largest absolute Gasteiger partial charge is 0.438 e. The lowest BCUT2D eigenvalue weighted by Gasteiger charge is -2.39. The van der Waals surface area contributed by atoms with E-state index in [1.165, 1.54) is 20.7 Å². The van der Waals surface area contributed by atoms with Crippen LogP contribution in [-0.4, -0.2) is 26.6 Å². The van der Waals surface area contributed by atoms with E-state index in [1.807, 2.05) is 0 Å². The molecule has 0 heterocycles. The first-order valence-electron chi connectivity index (χ1n) is 10.6. The molecule has 2 nitrogen and oxygen atoms in total. The van der Waals surface area contributed by atoms with Crippen LogP contribution in [0.4, 0.5) is 0 Å². The summed E-state index contributed by atoms with van der Waals surface area (Å²) in [5, 5.41) is 5.05. The zero-order valence-corrected chi connectivity index (χ0v) is 21.5. The third kappa shape index (κ3) is 5.03. The van der Waals surface area contributed by atoms with E-state index in [4.69, 9.17) is 8.23 Å². The van der Waals surface area contributed by atoms with E-state index in [0.717, 1.165) is 0 Å². The van der Waals surface area contributed by atoms with Crippen LogP contribution >= 0.6 is 0 Å². The fraction of sp³-hybridized carbons (Fsp3) is 0.0769. The summed E-state index contributed by atoms with van der Waals surface area (Å²) in [4.78, 5) is 0. The van der Waals surface area contributed by atoms with Gasteiger partial charge in [0.05, 0.1) is 0 Å². The molecule has 4 aromatic rings. The SMILES string of the molecule is C[Si](C)(O[SiH2]c1ccccc1)O[Si](c1ccccc1)(c1ccccc1)c1ccccc1. The highest BCUT2D eigenvalue weighted by molar-refractivity contribution is 7.10. The van der Waals surface area contributed by atoms with Crippen molar-refractivity contribution >= 4 is 47.4 Å². The number of benzene rings is 4. The van der Waals surface area contributed by atoms with Gasteiger partial charge in [0.2, 0.25) is 0 Å². The van der Waals surface area contributed by atoms with Crippen LogP contribution < -0.4 is 20.7 Å². The summed E-state index contributed by atoms with van der Waals surface area (Å²) in [6, 6.07) is 42.7. The van der Waals surface area contributed by atoms with E-state index in [1.54, 1.807) is 0 Å². The van der Waals surface area contributed by atoms with Gasteiger partial charge in [-0.2, -0.15) is 0 Å². The van der Waals surface area contributed by atoms with Crippen LogP contribution in [0.3, 0.4) is 0 Å². The average molecular weight is 457 g/mol. The maximum atomic E-state index is 7.30. The highest BCUT2D eigenvalue weighted by atomic mass is 28.5. The third-order valence-corrected chi connectivity index (χ3v) is 16.2. The van der Waals surface area contributed by atoms with E-state index < -0.39 is 26.6 Å². The summed E-state index contributed by atoms with van der Waals surface area (Å²) >= 11 is 0. The lowest BCUT2D eigenvalue weighted by Crippen LogP contribution is -2.73. The van der Waals surface area contributed by atoms with Gasteiger partial charge in [0.15, 0.2) is 9.76 Å². The van der Waals surface area contributed by atoms with Gasteiger partial charge in [-0.15, -0.1) is 0 Å². The summed E-state index contributed by atoms with van der Waals surface area (Å²) in [5.74, 6) is 0. The molecule has 0 amide bonds. The van der Waals surface area contributed by atoms with Crippen molar-refractivity contribution in [2.75, 3.05) is 0 Å². The summed E-state index contributed by atoms with van der Waals surface area (Å²) in [5.41, 5.74) is 0. The topological polar surface area (TPSA) is 18.5 Å². The fourth-order valence-electron chi connectivity index (χ4n) is 3.92. The molecule has 0 aliphatic heterocycles. The van der Waals surface area contributed by atoms with Crippen LogP contribution in [0.25, 0.3) is 0 Å². The Bertz CT molecular complexity index is 976. The van der Waals surface area contributed by atoms with Crippen LogP contribution in [0.1, 0.15) is 0 Å². The molecule has 0 spiro atoms. The summed E-state index contributed by atoms with van der Waals surface area (Å²) in [6.07, 6.45) is 0. The highest BCUT2D eigenvalue weighted by Gasteiger charge is 2.46. The first-order chi connectivity index (χ1) is 15.1. The Hall–Kier alpha value is -2.55. The van der Waals surface area contributed by atoms with Crippen molar-refractivity contribution in [2.24, 2.45) is 0 Å². The van der Waals surface area contributed by atoms with Crippen molar-refractivity contribution in [1.29, 1.82) is 0 Å². The molecule has 0 bridgehead atoms. The molecule has 0 saturated carbocycles. The van der Waals surface area contributed by atoms with Crippen LogP contribution in [0.2, 0.25) is 13.1 Å². The zero-order valence-electron chi connectivity index (χ0n) is 18.1. The molecule has 0 aliphatic rings. The normalized spacial score (nSPS) is 12.3. The van der Waals surface area contributed by atoms with Gasteiger partial charge in [-0.3, -0.25) is 0 Å². The number of hydrogen-bond donors (Lipinski definition) is 0. The smallest absolute Gasteiger partial charge is 0.311 e. The molecule has 4 rings (SSSR count). The Labute approximate surface area is 189 Å². The van der Waals surface area contributed by atoms with Gasteiger partial charge in [0.25, 0.3) is 8.32 Å². The Morgan fingerprint density at radius 1 is 0.516 bits per heavy atom. The molecule has 0 N–H and O–H groups in total. The average Bonchev–Trinajstić information content (AvgIpc) is 2.84. The molecule has 5 heteroatoms. The van der Waals surface area contributed by atoms with E-state index >= 15 is 0 Å². The maximum absolute atomic E-state index is 7.30. The molecule has 0 unspecified atom stereocenters. The highest BCUT2D eigenvalue weighted by Crippen LogP contribution is 2.17. The minimum absolute atomic E-state index is 0.865. The van der Waals surface area contributed by atoms with Gasteiger partial charge >= 0.3 is 8.56 Å². The van der Waals surface area contributed by atoms with E-state index in [0.29, 0.717) is 0 Å². The second-order valence-electron chi connectivity index (χ2n) is 8.06. The summed E-state index contributed by atoms with van der Waals surface area (Å²) in [7, 11) is -6.05. The van der Waals surface area contributed by atoms with Gasteiger partial charge in [-0.05, 0) is 33.8 Å². The Morgan fingerprint density at radius 3 is 1.26 bits per heavy atom. The maximum Gasteiger partial charge on any atom is 0.311 e. The fourth-order valence-corrected chi connectivity index (χ4v) is 14.6. The Morgan fingerprint density at radius 2 is 0.871 bits per heavy atom. The second kappa shape index (κ2) is 9.72. The molecule has 156 valence electrons. The van der Waals surface area contributed by atoms with Crippen molar-refractivity contribution in [2.45, 2.75) is 13.1 Å². The van der Waals surface area contributed by atoms with Crippen molar-refractivity contribution in [1.82, 2.24) is 0 Å². The zero-order chi connectivity index (χ0) is 21.6. The molecule has 0 fully saturated rings.